The monoisotopic (exact) mass is 530 g/mol. The highest BCUT2D eigenvalue weighted by Gasteiger charge is 2.27. The van der Waals surface area contributed by atoms with Crippen LogP contribution in [0, 0.1) is 19.8 Å². The van der Waals surface area contributed by atoms with Crippen LogP contribution in [0.3, 0.4) is 0 Å². The Kier molecular flexibility index (Phi) is 10.4. The highest BCUT2D eigenvalue weighted by Crippen LogP contribution is 2.29. The molecule has 0 aliphatic heterocycles. The molecule has 0 saturated heterocycles. The van der Waals surface area contributed by atoms with E-state index in [0.29, 0.717) is 6.42 Å². The Balaban J connectivity index is 1.94. The average molecular weight is 531 g/mol. The largest absolute Gasteiger partial charge is 0.347 e. The number of nitrogens with zero attached hydrogens (tertiary/aromatic N) is 3. The third-order valence-electron chi connectivity index (χ3n) is 6.93. The predicted molar refractivity (Wildman–Crippen MR) is 157 cm³/mol. The molecule has 1 amide bonds. The molecule has 0 fully saturated rings. The van der Waals surface area contributed by atoms with Crippen molar-refractivity contribution in [3.63, 3.8) is 0 Å². The zero-order valence-corrected chi connectivity index (χ0v) is 24.3. The Morgan fingerprint density at radius 1 is 1.05 bits per heavy atom. The van der Waals surface area contributed by atoms with E-state index in [1.165, 1.54) is 11.5 Å². The van der Waals surface area contributed by atoms with E-state index >= 15 is 0 Å². The lowest BCUT2D eigenvalue weighted by molar-refractivity contribution is -0.126. The number of amides is 1. The van der Waals surface area contributed by atoms with Gasteiger partial charge in [-0.1, -0.05) is 32.0 Å². The maximum absolute atomic E-state index is 13.8. The lowest BCUT2D eigenvalue weighted by Gasteiger charge is -2.25. The first-order chi connectivity index (χ1) is 18.5. The van der Waals surface area contributed by atoms with Crippen LogP contribution in [0.15, 0.2) is 59.8 Å². The molecule has 2 aromatic heterocycles. The maximum atomic E-state index is 13.8. The van der Waals surface area contributed by atoms with Crippen LogP contribution >= 0.6 is 0 Å². The van der Waals surface area contributed by atoms with Crippen molar-refractivity contribution in [2.75, 3.05) is 20.6 Å². The molecule has 0 bridgehead atoms. The first-order valence-corrected chi connectivity index (χ1v) is 13.6. The van der Waals surface area contributed by atoms with Gasteiger partial charge in [-0.2, -0.15) is 0 Å². The first-order valence-electron chi connectivity index (χ1n) is 13.6. The average Bonchev–Trinajstić information content (AvgIpc) is 2.85. The van der Waals surface area contributed by atoms with E-state index in [9.17, 15) is 14.4 Å². The van der Waals surface area contributed by atoms with E-state index in [1.54, 1.807) is 18.5 Å². The molecule has 0 unspecified atom stereocenters. The second kappa shape index (κ2) is 13.5. The summed E-state index contributed by atoms with van der Waals surface area (Å²) in [6, 6.07) is 10.4. The lowest BCUT2D eigenvalue weighted by Crippen LogP contribution is -2.40. The number of Topliss-reactive ketones (excluding diaryl/α,β-unsaturated/α-hetero) is 1. The van der Waals surface area contributed by atoms with Gasteiger partial charge in [0.2, 0.25) is 5.91 Å². The van der Waals surface area contributed by atoms with Crippen molar-refractivity contribution in [3.8, 4) is 11.1 Å². The molecule has 0 spiro atoms. The second-order valence-electron chi connectivity index (χ2n) is 11.2. The molecule has 0 aliphatic carbocycles. The zero-order valence-electron chi connectivity index (χ0n) is 24.3. The number of carbonyl (C=O) groups excluding carboxylic acids is 2. The molecule has 208 valence electrons. The van der Waals surface area contributed by atoms with Crippen molar-refractivity contribution in [2.45, 2.75) is 66.0 Å². The fraction of sp³-hybridized carbons (Fsp3) is 0.438. The predicted octanol–water partition coefficient (Wildman–Crippen LogP) is 5.06. The molecule has 2 heterocycles. The number of pyridine rings is 2. The van der Waals surface area contributed by atoms with Gasteiger partial charge in [0.25, 0.3) is 5.56 Å². The van der Waals surface area contributed by atoms with Crippen LogP contribution in [-0.2, 0) is 16.0 Å². The van der Waals surface area contributed by atoms with Gasteiger partial charge in [0, 0.05) is 43.2 Å². The van der Waals surface area contributed by atoms with Crippen LogP contribution < -0.4 is 10.9 Å². The highest BCUT2D eigenvalue weighted by atomic mass is 16.2. The smallest absolute Gasteiger partial charge is 0.251 e. The number of nitrogens with one attached hydrogen (secondary N) is 1. The SMILES string of the molecule is CC(=O)C[C@H](NC(=O)[C@H](CC(C)C)n1ccc(CCN(C)C)cc1=O)c1cncc(-c2c(C)cccc2C)c1. The Labute approximate surface area is 232 Å². The number of rotatable bonds is 12. The Morgan fingerprint density at radius 3 is 2.33 bits per heavy atom. The van der Waals surface area contributed by atoms with Crippen molar-refractivity contribution >= 4 is 11.7 Å². The summed E-state index contributed by atoms with van der Waals surface area (Å²) in [5.74, 6) is -0.141. The van der Waals surface area contributed by atoms with Crippen LogP contribution in [0.2, 0.25) is 0 Å². The number of hydrogen-bond donors (Lipinski definition) is 1. The molecule has 0 saturated carbocycles. The standard InChI is InChI=1S/C32H42N4O3/c1-21(2)15-29(36-14-12-25(17-30(36)38)11-13-35(6)7)32(39)34-28(16-24(5)37)26-18-27(20-33-19-26)31-22(3)9-8-10-23(31)4/h8-10,12,14,17-21,28-29H,11,13,15-16H2,1-7H3,(H,34,39)/t28-,29-/m0/s1. The minimum atomic E-state index is -0.690. The fourth-order valence-electron chi connectivity index (χ4n) is 4.95. The van der Waals surface area contributed by atoms with Crippen LogP contribution in [0.5, 0.6) is 0 Å². The third kappa shape index (κ3) is 8.20. The van der Waals surface area contributed by atoms with Gasteiger partial charge in [-0.25, -0.2) is 0 Å². The van der Waals surface area contributed by atoms with E-state index in [0.717, 1.165) is 46.3 Å². The number of benzene rings is 1. The van der Waals surface area contributed by atoms with Crippen molar-refractivity contribution in [2.24, 2.45) is 5.92 Å². The fourth-order valence-corrected chi connectivity index (χ4v) is 4.95. The molecule has 1 N–H and O–H groups in total. The van der Waals surface area contributed by atoms with E-state index in [-0.39, 0.29) is 29.6 Å². The highest BCUT2D eigenvalue weighted by molar-refractivity contribution is 5.83. The number of aryl methyl sites for hydroxylation is 2. The number of aromatic nitrogens is 2. The minimum absolute atomic E-state index is 0.0411. The van der Waals surface area contributed by atoms with Gasteiger partial charge >= 0.3 is 0 Å². The quantitative estimate of drug-likeness (QED) is 0.354. The Bertz CT molecular complexity index is 1340. The van der Waals surface area contributed by atoms with Gasteiger partial charge in [-0.15, -0.1) is 0 Å². The third-order valence-corrected chi connectivity index (χ3v) is 6.93. The number of hydrogen-bond acceptors (Lipinski definition) is 5. The van der Waals surface area contributed by atoms with E-state index in [2.05, 4.69) is 41.2 Å². The summed E-state index contributed by atoms with van der Waals surface area (Å²) in [6.07, 6.45) is 6.63. The first kappa shape index (κ1) is 30.0. The van der Waals surface area contributed by atoms with E-state index < -0.39 is 12.1 Å². The summed E-state index contributed by atoms with van der Waals surface area (Å²) < 4.78 is 1.52. The van der Waals surface area contributed by atoms with Gasteiger partial charge in [0.1, 0.15) is 11.8 Å². The molecular weight excluding hydrogens is 488 g/mol. The topological polar surface area (TPSA) is 84.3 Å². The molecule has 7 nitrogen and oxygen atoms in total. The van der Waals surface area contributed by atoms with E-state index in [4.69, 9.17) is 0 Å². The lowest BCUT2D eigenvalue weighted by atomic mass is 9.94. The molecule has 0 aliphatic rings. The zero-order chi connectivity index (χ0) is 28.7. The summed E-state index contributed by atoms with van der Waals surface area (Å²) in [4.78, 5) is 45.7. The van der Waals surface area contributed by atoms with Crippen molar-refractivity contribution < 1.29 is 9.59 Å². The molecule has 7 heteroatoms. The number of carbonyl (C=O) groups is 2. The number of likely N-dealkylation sites (N-methyl/N-ethyl adjacent to an activating group) is 1. The Hall–Kier alpha value is -3.58. The summed E-state index contributed by atoms with van der Waals surface area (Å²) in [5.41, 5.74) is 5.80. The number of ketones is 1. The van der Waals surface area contributed by atoms with Crippen molar-refractivity contribution in [1.29, 1.82) is 0 Å². The molecule has 39 heavy (non-hydrogen) atoms. The summed E-state index contributed by atoms with van der Waals surface area (Å²) >= 11 is 0. The minimum Gasteiger partial charge on any atom is -0.347 e. The Morgan fingerprint density at radius 2 is 1.74 bits per heavy atom. The van der Waals surface area contributed by atoms with Crippen LogP contribution in [-0.4, -0.2) is 46.8 Å². The van der Waals surface area contributed by atoms with Crippen LogP contribution in [0.25, 0.3) is 11.1 Å². The van der Waals surface area contributed by atoms with Crippen LogP contribution in [0.1, 0.15) is 68.0 Å². The van der Waals surface area contributed by atoms with E-state index in [1.807, 2.05) is 52.3 Å². The summed E-state index contributed by atoms with van der Waals surface area (Å²) in [5, 5.41) is 3.09. The van der Waals surface area contributed by atoms with Gasteiger partial charge in [0.15, 0.2) is 0 Å². The molecule has 2 atom stereocenters. The second-order valence-corrected chi connectivity index (χ2v) is 11.2. The molecule has 3 aromatic rings. The van der Waals surface area contributed by atoms with Crippen molar-refractivity contribution in [1.82, 2.24) is 19.8 Å². The van der Waals surface area contributed by atoms with Gasteiger partial charge in [-0.3, -0.25) is 19.4 Å². The molecule has 0 radical (unpaired) electrons. The molecular formula is C32H42N4O3. The molecule has 3 rings (SSSR count). The van der Waals surface area contributed by atoms with Gasteiger partial charge in [-0.05, 0) is 93.6 Å². The van der Waals surface area contributed by atoms with Gasteiger partial charge in [0.05, 0.1) is 6.04 Å². The summed E-state index contributed by atoms with van der Waals surface area (Å²) in [7, 11) is 3.99. The van der Waals surface area contributed by atoms with Crippen LogP contribution in [0.4, 0.5) is 0 Å². The molecule has 1 aromatic carbocycles. The summed E-state index contributed by atoms with van der Waals surface area (Å²) in [6.45, 7) is 10.5. The maximum Gasteiger partial charge on any atom is 0.251 e. The normalized spacial score (nSPS) is 12.9. The van der Waals surface area contributed by atoms with Gasteiger partial charge < -0.3 is 14.8 Å². The van der Waals surface area contributed by atoms with Crippen molar-refractivity contribution in [3.05, 3.63) is 87.6 Å².